The van der Waals surface area contributed by atoms with Gasteiger partial charge in [0.05, 0.1) is 19.8 Å². The summed E-state index contributed by atoms with van der Waals surface area (Å²) in [5.74, 6) is 1.29. The summed E-state index contributed by atoms with van der Waals surface area (Å²) in [4.78, 5) is 0. The van der Waals surface area contributed by atoms with E-state index in [0.29, 0.717) is 18.0 Å². The minimum Gasteiger partial charge on any atom is -0.493 e. The van der Waals surface area contributed by atoms with E-state index in [1.165, 1.54) is 0 Å². The van der Waals surface area contributed by atoms with Crippen LogP contribution in [0.2, 0.25) is 0 Å². The highest BCUT2D eigenvalue weighted by molar-refractivity contribution is 5.44. The van der Waals surface area contributed by atoms with Crippen LogP contribution in [0.15, 0.2) is 18.2 Å². The van der Waals surface area contributed by atoms with Gasteiger partial charge in [-0.3, -0.25) is 0 Å². The maximum atomic E-state index is 10.3. The summed E-state index contributed by atoms with van der Waals surface area (Å²) in [7, 11) is 3.18. The fourth-order valence-corrected chi connectivity index (χ4v) is 1.64. The number of benzene rings is 1. The maximum absolute atomic E-state index is 10.3. The standard InChI is InChI=1S/C13H21NO3/c1-5-14-9-13(2,15)10-6-7-11(16-3)12(8-10)17-4/h6-8,14-15H,5,9H2,1-4H3. The molecule has 0 heterocycles. The van der Waals surface area contributed by atoms with Gasteiger partial charge in [0.25, 0.3) is 0 Å². The molecule has 0 aliphatic rings. The lowest BCUT2D eigenvalue weighted by molar-refractivity contribution is 0.0573. The second-order valence-corrected chi connectivity index (χ2v) is 4.12. The van der Waals surface area contributed by atoms with E-state index in [0.717, 1.165) is 12.1 Å². The smallest absolute Gasteiger partial charge is 0.161 e. The molecule has 96 valence electrons. The molecule has 2 N–H and O–H groups in total. The van der Waals surface area contributed by atoms with Crippen molar-refractivity contribution < 1.29 is 14.6 Å². The quantitative estimate of drug-likeness (QED) is 0.790. The Labute approximate surface area is 103 Å². The normalized spacial score (nSPS) is 14.2. The van der Waals surface area contributed by atoms with Crippen LogP contribution in [-0.2, 0) is 5.60 Å². The highest BCUT2D eigenvalue weighted by Gasteiger charge is 2.23. The van der Waals surface area contributed by atoms with Crippen LogP contribution in [-0.4, -0.2) is 32.4 Å². The minimum atomic E-state index is -0.921. The molecule has 0 aliphatic carbocycles. The Morgan fingerprint density at radius 2 is 1.88 bits per heavy atom. The molecular weight excluding hydrogens is 218 g/mol. The van der Waals surface area contributed by atoms with Crippen molar-refractivity contribution in [2.24, 2.45) is 0 Å². The highest BCUT2D eigenvalue weighted by Crippen LogP contribution is 2.31. The Morgan fingerprint density at radius 1 is 1.24 bits per heavy atom. The Morgan fingerprint density at radius 3 is 2.41 bits per heavy atom. The molecule has 1 aromatic carbocycles. The van der Waals surface area contributed by atoms with Crippen molar-refractivity contribution in [1.82, 2.24) is 5.32 Å². The van der Waals surface area contributed by atoms with Crippen LogP contribution in [0, 0.1) is 0 Å². The Balaban J connectivity index is 2.98. The largest absolute Gasteiger partial charge is 0.493 e. The lowest BCUT2D eigenvalue weighted by Crippen LogP contribution is -2.35. The predicted molar refractivity (Wildman–Crippen MR) is 67.7 cm³/mol. The van der Waals surface area contributed by atoms with Gasteiger partial charge >= 0.3 is 0 Å². The van der Waals surface area contributed by atoms with E-state index in [1.54, 1.807) is 33.3 Å². The summed E-state index contributed by atoms with van der Waals surface area (Å²) in [6.07, 6.45) is 0. The fraction of sp³-hybridized carbons (Fsp3) is 0.538. The van der Waals surface area contributed by atoms with Crippen molar-refractivity contribution in [2.45, 2.75) is 19.4 Å². The number of likely N-dealkylation sites (N-methyl/N-ethyl adjacent to an activating group) is 1. The van der Waals surface area contributed by atoms with Crippen LogP contribution in [0.1, 0.15) is 19.4 Å². The van der Waals surface area contributed by atoms with E-state index in [-0.39, 0.29) is 0 Å². The first-order valence-electron chi connectivity index (χ1n) is 5.70. The molecule has 0 spiro atoms. The van der Waals surface area contributed by atoms with Gasteiger partial charge in [0.1, 0.15) is 0 Å². The zero-order valence-electron chi connectivity index (χ0n) is 10.9. The molecule has 1 rings (SSSR count). The number of aliphatic hydroxyl groups is 1. The van der Waals surface area contributed by atoms with E-state index in [9.17, 15) is 5.11 Å². The van der Waals surface area contributed by atoms with Gasteiger partial charge in [-0.1, -0.05) is 13.0 Å². The predicted octanol–water partition coefficient (Wildman–Crippen LogP) is 1.52. The van der Waals surface area contributed by atoms with Gasteiger partial charge in [-0.15, -0.1) is 0 Å². The molecular formula is C13H21NO3. The topological polar surface area (TPSA) is 50.7 Å². The molecule has 0 radical (unpaired) electrons. The zero-order chi connectivity index (χ0) is 12.9. The Bertz CT molecular complexity index is 364. The second kappa shape index (κ2) is 5.89. The number of nitrogens with one attached hydrogen (secondary N) is 1. The van der Waals surface area contributed by atoms with Crippen LogP contribution >= 0.6 is 0 Å². The molecule has 0 amide bonds. The average Bonchev–Trinajstić information content (AvgIpc) is 2.35. The fourth-order valence-electron chi connectivity index (χ4n) is 1.64. The molecule has 4 heteroatoms. The van der Waals surface area contributed by atoms with Crippen LogP contribution < -0.4 is 14.8 Å². The van der Waals surface area contributed by atoms with Crippen LogP contribution in [0.4, 0.5) is 0 Å². The Hall–Kier alpha value is -1.26. The zero-order valence-corrected chi connectivity index (χ0v) is 10.9. The third-order valence-corrected chi connectivity index (χ3v) is 2.72. The van der Waals surface area contributed by atoms with Crippen LogP contribution in [0.25, 0.3) is 0 Å². The first-order valence-corrected chi connectivity index (χ1v) is 5.70. The number of ether oxygens (including phenoxy) is 2. The molecule has 0 fully saturated rings. The highest BCUT2D eigenvalue weighted by atomic mass is 16.5. The minimum absolute atomic E-state index is 0.499. The summed E-state index contributed by atoms with van der Waals surface area (Å²) in [5.41, 5.74) is -0.119. The number of rotatable bonds is 6. The molecule has 0 aliphatic heterocycles. The molecule has 0 saturated heterocycles. The number of hydrogen-bond donors (Lipinski definition) is 2. The first-order chi connectivity index (χ1) is 8.05. The van der Waals surface area contributed by atoms with Gasteiger partial charge < -0.3 is 19.9 Å². The first kappa shape index (κ1) is 13.8. The van der Waals surface area contributed by atoms with E-state index < -0.39 is 5.60 Å². The van der Waals surface area contributed by atoms with Crippen LogP contribution in [0.5, 0.6) is 11.5 Å². The summed E-state index contributed by atoms with van der Waals surface area (Å²) in [6, 6.07) is 5.45. The van der Waals surface area contributed by atoms with Crippen molar-refractivity contribution >= 4 is 0 Å². The van der Waals surface area contributed by atoms with E-state index >= 15 is 0 Å². The van der Waals surface area contributed by atoms with Gasteiger partial charge in [0, 0.05) is 6.54 Å². The van der Waals surface area contributed by atoms with E-state index in [1.807, 2.05) is 13.0 Å². The maximum Gasteiger partial charge on any atom is 0.161 e. The average molecular weight is 239 g/mol. The molecule has 1 aromatic rings. The summed E-state index contributed by atoms with van der Waals surface area (Å²) in [5, 5.41) is 13.5. The van der Waals surface area contributed by atoms with Crippen molar-refractivity contribution in [3.63, 3.8) is 0 Å². The van der Waals surface area contributed by atoms with Gasteiger partial charge in [-0.05, 0) is 31.2 Å². The lowest BCUT2D eigenvalue weighted by Gasteiger charge is -2.25. The van der Waals surface area contributed by atoms with Gasteiger partial charge in [0.15, 0.2) is 11.5 Å². The summed E-state index contributed by atoms with van der Waals surface area (Å²) < 4.78 is 10.4. The van der Waals surface area contributed by atoms with Crippen molar-refractivity contribution in [3.05, 3.63) is 23.8 Å². The SMILES string of the molecule is CCNCC(C)(O)c1ccc(OC)c(OC)c1. The summed E-state index contributed by atoms with van der Waals surface area (Å²) in [6.45, 7) is 5.10. The molecule has 17 heavy (non-hydrogen) atoms. The number of hydrogen-bond acceptors (Lipinski definition) is 4. The molecule has 4 nitrogen and oxygen atoms in total. The van der Waals surface area contributed by atoms with Crippen molar-refractivity contribution in [1.29, 1.82) is 0 Å². The Kier molecular flexibility index (Phi) is 4.78. The third-order valence-electron chi connectivity index (χ3n) is 2.72. The lowest BCUT2D eigenvalue weighted by atomic mass is 9.95. The van der Waals surface area contributed by atoms with Gasteiger partial charge in [-0.25, -0.2) is 0 Å². The van der Waals surface area contributed by atoms with Gasteiger partial charge in [0.2, 0.25) is 0 Å². The summed E-state index contributed by atoms with van der Waals surface area (Å²) >= 11 is 0. The molecule has 1 atom stereocenters. The second-order valence-electron chi connectivity index (χ2n) is 4.12. The van der Waals surface area contributed by atoms with E-state index in [4.69, 9.17) is 9.47 Å². The van der Waals surface area contributed by atoms with Crippen LogP contribution in [0.3, 0.4) is 0 Å². The van der Waals surface area contributed by atoms with Gasteiger partial charge in [-0.2, -0.15) is 0 Å². The molecule has 1 unspecified atom stereocenters. The molecule has 0 bridgehead atoms. The monoisotopic (exact) mass is 239 g/mol. The van der Waals surface area contributed by atoms with Crippen molar-refractivity contribution in [2.75, 3.05) is 27.3 Å². The van der Waals surface area contributed by atoms with Crippen molar-refractivity contribution in [3.8, 4) is 11.5 Å². The molecule has 0 saturated carbocycles. The molecule has 0 aromatic heterocycles. The third kappa shape index (κ3) is 3.35. The van der Waals surface area contributed by atoms with E-state index in [2.05, 4.69) is 5.32 Å². The number of methoxy groups -OCH3 is 2.